The lowest BCUT2D eigenvalue weighted by molar-refractivity contribution is 0.0727. The number of rotatable bonds is 2. The summed E-state index contributed by atoms with van der Waals surface area (Å²) >= 11 is 4.20. The van der Waals surface area contributed by atoms with E-state index >= 15 is 0 Å². The minimum Gasteiger partial charge on any atom is -0.376 e. The van der Waals surface area contributed by atoms with Gasteiger partial charge in [0.25, 0.3) is 5.91 Å². The predicted molar refractivity (Wildman–Crippen MR) is 69.6 cm³/mol. The quantitative estimate of drug-likeness (QED) is 0.791. The maximum absolute atomic E-state index is 12.1. The minimum atomic E-state index is -0.267. The molecule has 2 rings (SSSR count). The summed E-state index contributed by atoms with van der Waals surface area (Å²) in [5, 5.41) is 3.05. The Morgan fingerprint density at radius 1 is 1.47 bits per heavy atom. The summed E-state index contributed by atoms with van der Waals surface area (Å²) in [5.41, 5.74) is 0.389. The summed E-state index contributed by atoms with van der Waals surface area (Å²) in [4.78, 5) is 12.9. The number of thiol groups is 1. The van der Waals surface area contributed by atoms with Crippen LogP contribution in [0.1, 0.15) is 30.6 Å². The molecule has 1 heterocycles. The highest BCUT2D eigenvalue weighted by Gasteiger charge is 2.38. The average Bonchev–Trinajstić information content (AvgIpc) is 2.60. The second-order valence-corrected chi connectivity index (χ2v) is 5.20. The first-order valence-electron chi connectivity index (χ1n) is 5.74. The molecule has 2 atom stereocenters. The van der Waals surface area contributed by atoms with E-state index in [1.807, 2.05) is 26.0 Å². The van der Waals surface area contributed by atoms with Gasteiger partial charge in [0.15, 0.2) is 0 Å². The molecule has 92 valence electrons. The van der Waals surface area contributed by atoms with Crippen molar-refractivity contribution in [1.82, 2.24) is 5.32 Å². The van der Waals surface area contributed by atoms with Gasteiger partial charge < -0.3 is 10.1 Å². The molecule has 1 aromatic rings. The molecular weight excluding hydrogens is 234 g/mol. The van der Waals surface area contributed by atoms with E-state index in [0.29, 0.717) is 12.2 Å². The lowest BCUT2D eigenvalue weighted by atomic mass is 9.94. The van der Waals surface area contributed by atoms with Gasteiger partial charge >= 0.3 is 0 Å². The lowest BCUT2D eigenvalue weighted by Crippen LogP contribution is -2.50. The number of amides is 1. The number of carbonyl (C=O) groups is 1. The number of hydrogen-bond donors (Lipinski definition) is 2. The Morgan fingerprint density at radius 3 is 2.65 bits per heavy atom. The molecule has 1 amide bonds. The third-order valence-electron chi connectivity index (χ3n) is 3.42. The summed E-state index contributed by atoms with van der Waals surface area (Å²) in [5.74, 6) is -0.0572. The standard InChI is InChI=1S/C13H17NO2S/c1-9-13(2,7-8-16-9)14-12(15)10-3-5-11(17)6-4-10/h3-6,9,17H,7-8H2,1-2H3,(H,14,15). The van der Waals surface area contributed by atoms with Gasteiger partial charge in [-0.05, 0) is 44.5 Å². The highest BCUT2D eigenvalue weighted by atomic mass is 32.1. The van der Waals surface area contributed by atoms with Crippen LogP contribution >= 0.6 is 12.6 Å². The highest BCUT2D eigenvalue weighted by molar-refractivity contribution is 7.80. The fourth-order valence-electron chi connectivity index (χ4n) is 1.94. The van der Waals surface area contributed by atoms with Crippen LogP contribution in [0.15, 0.2) is 29.2 Å². The van der Waals surface area contributed by atoms with Crippen molar-refractivity contribution in [3.05, 3.63) is 29.8 Å². The fourth-order valence-corrected chi connectivity index (χ4v) is 2.09. The van der Waals surface area contributed by atoms with Crippen LogP contribution in [0.2, 0.25) is 0 Å². The van der Waals surface area contributed by atoms with Gasteiger partial charge in [-0.15, -0.1) is 12.6 Å². The van der Waals surface area contributed by atoms with E-state index < -0.39 is 0 Å². The van der Waals surface area contributed by atoms with Crippen LogP contribution < -0.4 is 5.32 Å². The number of hydrogen-bond acceptors (Lipinski definition) is 3. The zero-order valence-corrected chi connectivity index (χ0v) is 11.0. The van der Waals surface area contributed by atoms with Crippen molar-refractivity contribution in [1.29, 1.82) is 0 Å². The van der Waals surface area contributed by atoms with Crippen molar-refractivity contribution in [2.45, 2.75) is 36.8 Å². The Kier molecular flexibility index (Phi) is 3.45. The van der Waals surface area contributed by atoms with Gasteiger partial charge in [0.05, 0.1) is 11.6 Å². The Labute approximate surface area is 107 Å². The van der Waals surface area contributed by atoms with E-state index in [0.717, 1.165) is 11.3 Å². The van der Waals surface area contributed by atoms with Crippen LogP contribution in [0.25, 0.3) is 0 Å². The number of benzene rings is 1. The molecule has 0 aliphatic carbocycles. The normalized spacial score (nSPS) is 28.1. The first-order chi connectivity index (χ1) is 8.01. The third kappa shape index (κ3) is 2.64. The monoisotopic (exact) mass is 251 g/mol. The van der Waals surface area contributed by atoms with Gasteiger partial charge in [0.2, 0.25) is 0 Å². The van der Waals surface area contributed by atoms with Gasteiger partial charge in [-0.2, -0.15) is 0 Å². The average molecular weight is 251 g/mol. The van der Waals surface area contributed by atoms with Crippen molar-refractivity contribution in [3.63, 3.8) is 0 Å². The Morgan fingerprint density at radius 2 is 2.12 bits per heavy atom. The molecule has 4 heteroatoms. The van der Waals surface area contributed by atoms with E-state index in [4.69, 9.17) is 4.74 Å². The molecule has 1 N–H and O–H groups in total. The van der Waals surface area contributed by atoms with Crippen molar-refractivity contribution < 1.29 is 9.53 Å². The zero-order valence-electron chi connectivity index (χ0n) is 10.1. The summed E-state index contributed by atoms with van der Waals surface area (Å²) in [6, 6.07) is 7.19. The SMILES string of the molecule is CC1OCCC1(C)NC(=O)c1ccc(S)cc1. The van der Waals surface area contributed by atoms with Crippen LogP contribution in [0.5, 0.6) is 0 Å². The molecule has 1 aliphatic rings. The van der Waals surface area contributed by atoms with Gasteiger partial charge in [-0.1, -0.05) is 0 Å². The molecule has 1 saturated heterocycles. The van der Waals surface area contributed by atoms with Gasteiger partial charge in [-0.25, -0.2) is 0 Å². The molecular formula is C13H17NO2S. The van der Waals surface area contributed by atoms with E-state index in [1.54, 1.807) is 12.1 Å². The summed E-state index contributed by atoms with van der Waals surface area (Å²) < 4.78 is 5.50. The molecule has 1 aliphatic heterocycles. The molecule has 1 aromatic carbocycles. The van der Waals surface area contributed by atoms with Crippen molar-refractivity contribution >= 4 is 18.5 Å². The topological polar surface area (TPSA) is 38.3 Å². The Balaban J connectivity index is 2.09. The van der Waals surface area contributed by atoms with E-state index in [-0.39, 0.29) is 17.6 Å². The van der Waals surface area contributed by atoms with Crippen molar-refractivity contribution in [2.75, 3.05) is 6.61 Å². The molecule has 0 radical (unpaired) electrons. The first kappa shape index (κ1) is 12.5. The zero-order chi connectivity index (χ0) is 12.5. The highest BCUT2D eigenvalue weighted by Crippen LogP contribution is 2.25. The maximum atomic E-state index is 12.1. The smallest absolute Gasteiger partial charge is 0.251 e. The van der Waals surface area contributed by atoms with E-state index in [9.17, 15) is 4.79 Å². The van der Waals surface area contributed by atoms with Crippen molar-refractivity contribution in [3.8, 4) is 0 Å². The van der Waals surface area contributed by atoms with E-state index in [1.165, 1.54) is 0 Å². The van der Waals surface area contributed by atoms with Crippen LogP contribution in [0.3, 0.4) is 0 Å². The van der Waals surface area contributed by atoms with Gasteiger partial charge in [0.1, 0.15) is 0 Å². The number of ether oxygens (including phenoxy) is 1. The Bertz CT molecular complexity index is 418. The molecule has 2 unspecified atom stereocenters. The second kappa shape index (κ2) is 4.70. The van der Waals surface area contributed by atoms with Crippen LogP contribution in [-0.2, 0) is 4.74 Å². The molecule has 0 saturated carbocycles. The molecule has 0 bridgehead atoms. The molecule has 0 aromatic heterocycles. The summed E-state index contributed by atoms with van der Waals surface area (Å²) in [6.45, 7) is 4.72. The summed E-state index contributed by atoms with van der Waals surface area (Å²) in [6.07, 6.45) is 0.903. The predicted octanol–water partition coefficient (Wildman–Crippen LogP) is 2.27. The molecule has 3 nitrogen and oxygen atoms in total. The third-order valence-corrected chi connectivity index (χ3v) is 3.71. The minimum absolute atomic E-state index is 0.0515. The summed E-state index contributed by atoms with van der Waals surface area (Å²) in [7, 11) is 0. The van der Waals surface area contributed by atoms with E-state index in [2.05, 4.69) is 17.9 Å². The van der Waals surface area contributed by atoms with Gasteiger partial charge in [0, 0.05) is 17.1 Å². The fraction of sp³-hybridized carbons (Fsp3) is 0.462. The Hall–Kier alpha value is -1.00. The maximum Gasteiger partial charge on any atom is 0.251 e. The first-order valence-corrected chi connectivity index (χ1v) is 6.19. The lowest BCUT2D eigenvalue weighted by Gasteiger charge is -2.28. The number of carbonyl (C=O) groups excluding carboxylic acids is 1. The van der Waals surface area contributed by atoms with Crippen LogP contribution in [-0.4, -0.2) is 24.2 Å². The largest absolute Gasteiger partial charge is 0.376 e. The van der Waals surface area contributed by atoms with Gasteiger partial charge in [-0.3, -0.25) is 4.79 Å². The number of nitrogens with one attached hydrogen (secondary N) is 1. The van der Waals surface area contributed by atoms with Crippen LogP contribution in [0.4, 0.5) is 0 Å². The second-order valence-electron chi connectivity index (χ2n) is 4.68. The van der Waals surface area contributed by atoms with Crippen molar-refractivity contribution in [2.24, 2.45) is 0 Å². The molecule has 1 fully saturated rings. The molecule has 0 spiro atoms. The van der Waals surface area contributed by atoms with Crippen LogP contribution in [0, 0.1) is 0 Å². The molecule has 17 heavy (non-hydrogen) atoms.